The number of aromatic amines is 1. The van der Waals surface area contributed by atoms with Crippen LogP contribution in [0.2, 0.25) is 0 Å². The summed E-state index contributed by atoms with van der Waals surface area (Å²) in [5.74, 6) is 0.263. The Hall–Kier alpha value is -1.97. The number of hydrogen-bond acceptors (Lipinski definition) is 2. The van der Waals surface area contributed by atoms with Crippen LogP contribution >= 0.6 is 0 Å². The van der Waals surface area contributed by atoms with Gasteiger partial charge in [-0.1, -0.05) is 0 Å². The van der Waals surface area contributed by atoms with E-state index < -0.39 is 0 Å². The van der Waals surface area contributed by atoms with E-state index in [0.717, 1.165) is 23.0 Å². The van der Waals surface area contributed by atoms with Gasteiger partial charge in [0.05, 0.1) is 0 Å². The van der Waals surface area contributed by atoms with Gasteiger partial charge in [0.1, 0.15) is 5.75 Å². The van der Waals surface area contributed by atoms with Crippen LogP contribution in [0.3, 0.4) is 0 Å². The van der Waals surface area contributed by atoms with Crippen molar-refractivity contribution < 1.29 is 9.90 Å². The van der Waals surface area contributed by atoms with Crippen molar-refractivity contribution in [2.24, 2.45) is 0 Å². The number of fused-ring (bicyclic) bond motifs is 1. The zero-order valence-electron chi connectivity index (χ0n) is 8.16. The van der Waals surface area contributed by atoms with E-state index >= 15 is 0 Å². The molecule has 1 aromatic carbocycles. The highest BCUT2D eigenvalue weighted by atomic mass is 16.3. The van der Waals surface area contributed by atoms with Crippen molar-refractivity contribution in [2.45, 2.75) is 6.42 Å². The molecule has 78 valence electrons. The summed E-state index contributed by atoms with van der Waals surface area (Å²) < 4.78 is 0. The molecule has 0 saturated heterocycles. The average Bonchev–Trinajstić information content (AvgIpc) is 2.60. The largest absolute Gasteiger partial charge is 0.508 e. The molecule has 4 nitrogen and oxygen atoms in total. The number of hydrogen-bond donors (Lipinski definition) is 3. The third-order valence-electron chi connectivity index (χ3n) is 2.28. The molecular formula is C11H12N2O2. The first-order valence-electron chi connectivity index (χ1n) is 4.77. The summed E-state index contributed by atoms with van der Waals surface area (Å²) in [4.78, 5) is 13.3. The van der Waals surface area contributed by atoms with E-state index in [9.17, 15) is 9.90 Å². The van der Waals surface area contributed by atoms with Gasteiger partial charge in [0.2, 0.25) is 6.41 Å². The molecule has 3 N–H and O–H groups in total. The van der Waals surface area contributed by atoms with Crippen molar-refractivity contribution in [2.75, 3.05) is 6.54 Å². The van der Waals surface area contributed by atoms with Gasteiger partial charge in [-0.15, -0.1) is 0 Å². The van der Waals surface area contributed by atoms with E-state index in [4.69, 9.17) is 0 Å². The van der Waals surface area contributed by atoms with Crippen LogP contribution in [0.4, 0.5) is 0 Å². The minimum atomic E-state index is 0.263. The first kappa shape index (κ1) is 9.58. The van der Waals surface area contributed by atoms with Crippen LogP contribution in [-0.4, -0.2) is 23.0 Å². The Bertz CT molecular complexity index is 476. The Morgan fingerprint density at radius 3 is 3.07 bits per heavy atom. The smallest absolute Gasteiger partial charge is 0.207 e. The van der Waals surface area contributed by atoms with Crippen molar-refractivity contribution >= 4 is 17.3 Å². The predicted molar refractivity (Wildman–Crippen MR) is 57.7 cm³/mol. The van der Waals surface area contributed by atoms with Crippen LogP contribution in [-0.2, 0) is 11.2 Å². The molecule has 2 aromatic rings. The Morgan fingerprint density at radius 1 is 1.40 bits per heavy atom. The number of nitrogens with one attached hydrogen (secondary N) is 2. The van der Waals surface area contributed by atoms with E-state index in [1.807, 2.05) is 12.1 Å². The monoisotopic (exact) mass is 204 g/mol. The molecule has 15 heavy (non-hydrogen) atoms. The lowest BCUT2D eigenvalue weighted by molar-refractivity contribution is -0.109. The zero-order valence-corrected chi connectivity index (χ0v) is 8.16. The third-order valence-corrected chi connectivity index (χ3v) is 2.28. The van der Waals surface area contributed by atoms with Gasteiger partial charge in [-0.25, -0.2) is 0 Å². The van der Waals surface area contributed by atoms with Gasteiger partial charge in [0.15, 0.2) is 0 Å². The molecule has 1 amide bonds. The van der Waals surface area contributed by atoms with Gasteiger partial charge in [-0.05, 0) is 24.3 Å². The Balaban J connectivity index is 2.19. The second-order valence-corrected chi connectivity index (χ2v) is 3.39. The van der Waals surface area contributed by atoms with Crippen LogP contribution in [0.1, 0.15) is 5.69 Å². The molecule has 0 saturated carbocycles. The normalized spacial score (nSPS) is 10.4. The van der Waals surface area contributed by atoms with E-state index in [0.29, 0.717) is 13.0 Å². The van der Waals surface area contributed by atoms with E-state index in [-0.39, 0.29) is 5.75 Å². The van der Waals surface area contributed by atoms with Crippen LogP contribution in [0, 0.1) is 0 Å². The summed E-state index contributed by atoms with van der Waals surface area (Å²) >= 11 is 0. The molecule has 0 spiro atoms. The van der Waals surface area contributed by atoms with Crippen molar-refractivity contribution in [1.82, 2.24) is 10.3 Å². The molecule has 2 rings (SSSR count). The molecule has 0 aliphatic carbocycles. The van der Waals surface area contributed by atoms with Crippen molar-refractivity contribution in [3.63, 3.8) is 0 Å². The van der Waals surface area contributed by atoms with Gasteiger partial charge in [0.25, 0.3) is 0 Å². The lowest BCUT2D eigenvalue weighted by Crippen LogP contribution is -2.14. The number of phenolic OH excluding ortho intramolecular Hbond substituents is 1. The molecule has 0 unspecified atom stereocenters. The lowest BCUT2D eigenvalue weighted by Gasteiger charge is -1.95. The maximum atomic E-state index is 10.1. The van der Waals surface area contributed by atoms with Gasteiger partial charge in [-0.2, -0.15) is 0 Å². The van der Waals surface area contributed by atoms with E-state index in [1.165, 1.54) is 0 Å². The Morgan fingerprint density at radius 2 is 2.27 bits per heavy atom. The maximum absolute atomic E-state index is 10.1. The van der Waals surface area contributed by atoms with Crippen molar-refractivity contribution in [3.05, 3.63) is 30.0 Å². The maximum Gasteiger partial charge on any atom is 0.207 e. The molecule has 0 fully saturated rings. The fourth-order valence-corrected chi connectivity index (χ4v) is 1.58. The van der Waals surface area contributed by atoms with Gasteiger partial charge >= 0.3 is 0 Å². The first-order valence-corrected chi connectivity index (χ1v) is 4.77. The van der Waals surface area contributed by atoms with E-state index in [2.05, 4.69) is 10.3 Å². The second kappa shape index (κ2) is 4.04. The Labute approximate surface area is 86.9 Å². The highest BCUT2D eigenvalue weighted by Crippen LogP contribution is 2.20. The number of carbonyl (C=O) groups is 1. The minimum absolute atomic E-state index is 0.263. The molecule has 0 radical (unpaired) electrons. The average molecular weight is 204 g/mol. The number of rotatable bonds is 4. The molecule has 1 aromatic heterocycles. The molecular weight excluding hydrogens is 192 g/mol. The third kappa shape index (κ3) is 2.10. The number of H-pyrrole nitrogens is 1. The molecule has 0 aliphatic rings. The topological polar surface area (TPSA) is 65.1 Å². The highest BCUT2D eigenvalue weighted by Gasteiger charge is 2.00. The number of aromatic hydroxyl groups is 1. The zero-order chi connectivity index (χ0) is 10.7. The van der Waals surface area contributed by atoms with Crippen LogP contribution in [0.5, 0.6) is 5.75 Å². The summed E-state index contributed by atoms with van der Waals surface area (Å²) in [6.07, 6.45) is 1.45. The predicted octanol–water partition coefficient (Wildman–Crippen LogP) is 1.16. The highest BCUT2D eigenvalue weighted by molar-refractivity contribution is 5.81. The summed E-state index contributed by atoms with van der Waals surface area (Å²) in [6, 6.07) is 7.16. The van der Waals surface area contributed by atoms with Gasteiger partial charge in [0, 0.05) is 29.6 Å². The van der Waals surface area contributed by atoms with E-state index in [1.54, 1.807) is 12.1 Å². The van der Waals surface area contributed by atoms with Crippen LogP contribution < -0.4 is 5.32 Å². The number of phenols is 1. The summed E-state index contributed by atoms with van der Waals surface area (Å²) in [6.45, 7) is 0.613. The van der Waals surface area contributed by atoms with Crippen LogP contribution in [0.15, 0.2) is 24.3 Å². The summed E-state index contributed by atoms with van der Waals surface area (Å²) in [7, 11) is 0. The fourth-order valence-electron chi connectivity index (χ4n) is 1.58. The summed E-state index contributed by atoms with van der Waals surface area (Å²) in [5.41, 5.74) is 2.04. The van der Waals surface area contributed by atoms with Crippen molar-refractivity contribution in [3.8, 4) is 5.75 Å². The van der Waals surface area contributed by atoms with Gasteiger partial charge in [-0.3, -0.25) is 4.79 Å². The standard InChI is InChI=1S/C11H12N2O2/c14-7-12-4-3-9-5-8-6-10(15)1-2-11(8)13-9/h1-2,5-7,13,15H,3-4H2,(H,12,14). The molecule has 4 heteroatoms. The number of aromatic nitrogens is 1. The number of amides is 1. The second-order valence-electron chi connectivity index (χ2n) is 3.39. The van der Waals surface area contributed by atoms with Gasteiger partial charge < -0.3 is 15.4 Å². The number of carbonyl (C=O) groups excluding carboxylic acids is 1. The van der Waals surface area contributed by atoms with Crippen LogP contribution in [0.25, 0.3) is 10.9 Å². The first-order chi connectivity index (χ1) is 7.29. The molecule has 0 bridgehead atoms. The molecule has 1 heterocycles. The lowest BCUT2D eigenvalue weighted by atomic mass is 10.2. The Kier molecular flexibility index (Phi) is 2.58. The van der Waals surface area contributed by atoms with Crippen molar-refractivity contribution in [1.29, 1.82) is 0 Å². The number of benzene rings is 1. The minimum Gasteiger partial charge on any atom is -0.508 e. The SMILES string of the molecule is O=CNCCc1cc2cc(O)ccc2[nH]1. The summed E-state index contributed by atoms with van der Waals surface area (Å²) in [5, 5.41) is 12.9. The fraction of sp³-hybridized carbons (Fsp3) is 0.182. The molecule has 0 atom stereocenters. The quantitative estimate of drug-likeness (QED) is 0.517. The molecule has 0 aliphatic heterocycles.